The van der Waals surface area contributed by atoms with E-state index in [2.05, 4.69) is 17.6 Å². The Morgan fingerprint density at radius 2 is 2.04 bits per heavy atom. The maximum absolute atomic E-state index is 12.8. The molecule has 0 atom stereocenters. The summed E-state index contributed by atoms with van der Waals surface area (Å²) >= 11 is 6.07. The van der Waals surface area contributed by atoms with Crippen LogP contribution in [0.5, 0.6) is 5.75 Å². The molecule has 7 nitrogen and oxygen atoms in total. The van der Waals surface area contributed by atoms with Crippen molar-refractivity contribution in [1.29, 1.82) is 0 Å². The quantitative estimate of drug-likeness (QED) is 0.769. The molecule has 27 heavy (non-hydrogen) atoms. The third-order valence-corrected chi connectivity index (χ3v) is 5.84. The minimum Gasteiger partial charge on any atom is -0.495 e. The van der Waals surface area contributed by atoms with Gasteiger partial charge in [0.1, 0.15) is 17.8 Å². The van der Waals surface area contributed by atoms with Crippen LogP contribution in [0.3, 0.4) is 0 Å². The maximum Gasteiger partial charge on any atom is 0.325 e. The average molecular weight is 394 g/mol. The number of ether oxygens (including phenoxy) is 1. The lowest BCUT2D eigenvalue weighted by Crippen LogP contribution is -2.49. The first-order valence-corrected chi connectivity index (χ1v) is 9.41. The third kappa shape index (κ3) is 3.74. The third-order valence-electron chi connectivity index (χ3n) is 5.43. The number of hydrogen-bond acceptors (Lipinski definition) is 4. The Labute approximate surface area is 163 Å². The zero-order valence-electron chi connectivity index (χ0n) is 15.7. The molecule has 8 heteroatoms. The van der Waals surface area contributed by atoms with E-state index in [4.69, 9.17) is 16.3 Å². The van der Waals surface area contributed by atoms with Crippen molar-refractivity contribution < 1.29 is 19.1 Å². The Kier molecular flexibility index (Phi) is 5.33. The van der Waals surface area contributed by atoms with Crippen LogP contribution in [0.25, 0.3) is 0 Å². The maximum atomic E-state index is 12.8. The number of anilines is 1. The number of carbonyl (C=O) groups excluding carboxylic acids is 3. The number of halogens is 1. The first kappa shape index (κ1) is 19.5. The Bertz CT molecular complexity index is 787. The molecule has 2 aliphatic rings. The molecular formula is C19H24ClN3O4. The number of carbonyl (C=O) groups is 3. The van der Waals surface area contributed by atoms with E-state index in [0.717, 1.165) is 23.3 Å². The normalized spacial score (nSPS) is 24.9. The Balaban J connectivity index is 1.70. The number of benzene rings is 1. The van der Waals surface area contributed by atoms with E-state index in [-0.39, 0.29) is 12.5 Å². The van der Waals surface area contributed by atoms with E-state index < -0.39 is 17.5 Å². The van der Waals surface area contributed by atoms with Gasteiger partial charge < -0.3 is 15.4 Å². The van der Waals surface area contributed by atoms with Gasteiger partial charge in [-0.1, -0.05) is 18.5 Å². The first-order valence-electron chi connectivity index (χ1n) is 9.04. The van der Waals surface area contributed by atoms with E-state index in [1.54, 1.807) is 12.1 Å². The van der Waals surface area contributed by atoms with Crippen molar-refractivity contribution >= 4 is 35.1 Å². The van der Waals surface area contributed by atoms with Crippen molar-refractivity contribution in [2.24, 2.45) is 5.92 Å². The van der Waals surface area contributed by atoms with Crippen LogP contribution in [0, 0.1) is 12.8 Å². The largest absolute Gasteiger partial charge is 0.495 e. The van der Waals surface area contributed by atoms with Crippen LogP contribution in [-0.2, 0) is 9.59 Å². The fourth-order valence-electron chi connectivity index (χ4n) is 3.68. The zero-order valence-corrected chi connectivity index (χ0v) is 16.5. The van der Waals surface area contributed by atoms with Crippen molar-refractivity contribution in [2.45, 2.75) is 45.1 Å². The lowest BCUT2D eigenvalue weighted by molar-refractivity contribution is -0.135. The average Bonchev–Trinajstić information content (AvgIpc) is 2.85. The Morgan fingerprint density at radius 1 is 1.37 bits per heavy atom. The van der Waals surface area contributed by atoms with Gasteiger partial charge in [0.15, 0.2) is 0 Å². The van der Waals surface area contributed by atoms with E-state index >= 15 is 0 Å². The van der Waals surface area contributed by atoms with E-state index in [1.165, 1.54) is 7.11 Å². The van der Waals surface area contributed by atoms with Gasteiger partial charge in [-0.05, 0) is 50.2 Å². The van der Waals surface area contributed by atoms with Crippen LogP contribution in [-0.4, -0.2) is 41.9 Å². The molecule has 0 radical (unpaired) electrons. The fourth-order valence-corrected chi connectivity index (χ4v) is 3.83. The summed E-state index contributed by atoms with van der Waals surface area (Å²) in [4.78, 5) is 38.6. The second kappa shape index (κ2) is 7.38. The van der Waals surface area contributed by atoms with Gasteiger partial charge in [0.2, 0.25) is 5.91 Å². The van der Waals surface area contributed by atoms with Crippen LogP contribution in [0.4, 0.5) is 10.5 Å². The lowest BCUT2D eigenvalue weighted by atomic mass is 9.77. The number of nitrogens with one attached hydrogen (secondary N) is 2. The highest BCUT2D eigenvalue weighted by atomic mass is 35.5. The summed E-state index contributed by atoms with van der Waals surface area (Å²) in [5.41, 5.74) is 0.369. The van der Waals surface area contributed by atoms with Crippen LogP contribution < -0.4 is 15.4 Å². The molecule has 0 aromatic heterocycles. The summed E-state index contributed by atoms with van der Waals surface area (Å²) < 4.78 is 5.24. The van der Waals surface area contributed by atoms with Crippen LogP contribution in [0.2, 0.25) is 5.02 Å². The van der Waals surface area contributed by atoms with Gasteiger partial charge in [0, 0.05) is 11.1 Å². The first-order chi connectivity index (χ1) is 12.8. The fraction of sp³-hybridized carbons (Fsp3) is 0.526. The minimum atomic E-state index is -0.849. The van der Waals surface area contributed by atoms with E-state index in [0.29, 0.717) is 35.2 Å². The van der Waals surface area contributed by atoms with E-state index in [1.807, 2.05) is 6.92 Å². The predicted octanol–water partition coefficient (Wildman–Crippen LogP) is 3.10. The minimum absolute atomic E-state index is 0.311. The standard InChI is InChI=1S/C19H24ClN3O4/c1-11-4-6-19(7-5-11)17(25)23(18(26)22-19)10-16(24)21-14-8-12(2)13(20)9-15(14)27-3/h8-9,11H,4-7,10H2,1-3H3,(H,21,24)(H,22,26). The van der Waals surface area contributed by atoms with Crippen molar-refractivity contribution in [3.05, 3.63) is 22.7 Å². The van der Waals surface area contributed by atoms with Gasteiger partial charge in [0.05, 0.1) is 12.8 Å². The summed E-state index contributed by atoms with van der Waals surface area (Å²) in [6.07, 6.45) is 2.99. The van der Waals surface area contributed by atoms with Gasteiger partial charge in [-0.15, -0.1) is 0 Å². The topological polar surface area (TPSA) is 87.7 Å². The number of nitrogens with zero attached hydrogens (tertiary/aromatic N) is 1. The summed E-state index contributed by atoms with van der Waals surface area (Å²) in [7, 11) is 1.47. The molecule has 2 fully saturated rings. The molecule has 0 bridgehead atoms. The molecule has 1 saturated heterocycles. The number of imide groups is 1. The van der Waals surface area contributed by atoms with E-state index in [9.17, 15) is 14.4 Å². The summed E-state index contributed by atoms with van der Waals surface area (Å²) in [6, 6.07) is 2.79. The number of aryl methyl sites for hydroxylation is 1. The van der Waals surface area contributed by atoms with Crippen molar-refractivity contribution in [2.75, 3.05) is 19.0 Å². The molecule has 1 heterocycles. The highest BCUT2D eigenvalue weighted by Crippen LogP contribution is 2.36. The molecule has 1 aromatic rings. The highest BCUT2D eigenvalue weighted by molar-refractivity contribution is 6.31. The van der Waals surface area contributed by atoms with Crippen molar-refractivity contribution in [3.63, 3.8) is 0 Å². The molecule has 1 aromatic carbocycles. The number of methoxy groups -OCH3 is 1. The second-order valence-electron chi connectivity index (χ2n) is 7.44. The number of hydrogen-bond donors (Lipinski definition) is 2. The van der Waals surface area contributed by atoms with Gasteiger partial charge in [-0.2, -0.15) is 0 Å². The predicted molar refractivity (Wildman–Crippen MR) is 102 cm³/mol. The number of urea groups is 1. The van der Waals surface area contributed by atoms with Gasteiger partial charge in [0.25, 0.3) is 5.91 Å². The van der Waals surface area contributed by atoms with Gasteiger partial charge >= 0.3 is 6.03 Å². The van der Waals surface area contributed by atoms with Crippen molar-refractivity contribution in [3.8, 4) is 5.75 Å². The molecule has 0 unspecified atom stereocenters. The lowest BCUT2D eigenvalue weighted by Gasteiger charge is -2.33. The summed E-state index contributed by atoms with van der Waals surface area (Å²) in [5, 5.41) is 6.03. The zero-order chi connectivity index (χ0) is 19.8. The monoisotopic (exact) mass is 393 g/mol. The number of amides is 4. The molecule has 146 valence electrons. The molecule has 3 rings (SSSR count). The summed E-state index contributed by atoms with van der Waals surface area (Å²) in [6.45, 7) is 3.61. The molecular weight excluding hydrogens is 370 g/mol. The highest BCUT2D eigenvalue weighted by Gasteiger charge is 2.52. The molecule has 1 saturated carbocycles. The SMILES string of the molecule is COc1cc(Cl)c(C)cc1NC(=O)CN1C(=O)NC2(CCC(C)CC2)C1=O. The molecule has 1 aliphatic carbocycles. The Morgan fingerprint density at radius 3 is 2.67 bits per heavy atom. The van der Waals surface area contributed by atoms with Gasteiger partial charge in [-0.3, -0.25) is 14.5 Å². The smallest absolute Gasteiger partial charge is 0.325 e. The van der Waals surface area contributed by atoms with Crippen LogP contribution >= 0.6 is 11.6 Å². The Hall–Kier alpha value is -2.28. The summed E-state index contributed by atoms with van der Waals surface area (Å²) in [5.74, 6) is 0.167. The molecule has 4 amide bonds. The van der Waals surface area contributed by atoms with Crippen LogP contribution in [0.15, 0.2) is 12.1 Å². The molecule has 1 aliphatic heterocycles. The van der Waals surface area contributed by atoms with Crippen molar-refractivity contribution in [1.82, 2.24) is 10.2 Å². The second-order valence-corrected chi connectivity index (χ2v) is 7.84. The molecule has 1 spiro atoms. The van der Waals surface area contributed by atoms with Crippen LogP contribution in [0.1, 0.15) is 38.2 Å². The molecule has 2 N–H and O–H groups in total. The van der Waals surface area contributed by atoms with Gasteiger partial charge in [-0.25, -0.2) is 4.79 Å². The number of rotatable bonds is 4.